The summed E-state index contributed by atoms with van der Waals surface area (Å²) in [4.78, 5) is 1.60. The Morgan fingerprint density at radius 1 is 1.35 bits per heavy atom. The predicted octanol–water partition coefficient (Wildman–Crippen LogP) is 3.63. The molecule has 0 heterocycles. The van der Waals surface area contributed by atoms with Crippen molar-refractivity contribution in [2.75, 3.05) is 13.1 Å². The SMILES string of the molecule is Cl.NCCN(C1CC1)C(c1cccc(Cl)c1F)C(F)F. The lowest BCUT2D eigenvalue weighted by atomic mass is 10.0. The summed E-state index contributed by atoms with van der Waals surface area (Å²) in [5, 5.41) is -0.133. The van der Waals surface area contributed by atoms with Crippen LogP contribution in [-0.2, 0) is 0 Å². The monoisotopic (exact) mass is 328 g/mol. The van der Waals surface area contributed by atoms with Crippen molar-refractivity contribution < 1.29 is 13.2 Å². The van der Waals surface area contributed by atoms with Crippen molar-refractivity contribution in [1.29, 1.82) is 0 Å². The van der Waals surface area contributed by atoms with E-state index in [0.717, 1.165) is 12.8 Å². The van der Waals surface area contributed by atoms with Gasteiger partial charge in [0.15, 0.2) is 0 Å². The van der Waals surface area contributed by atoms with E-state index < -0.39 is 18.3 Å². The molecule has 7 heteroatoms. The van der Waals surface area contributed by atoms with Gasteiger partial charge in [0.25, 0.3) is 6.43 Å². The van der Waals surface area contributed by atoms with Crippen LogP contribution < -0.4 is 5.73 Å². The number of hydrogen-bond donors (Lipinski definition) is 1. The van der Waals surface area contributed by atoms with E-state index in [1.54, 1.807) is 4.90 Å². The molecule has 0 saturated heterocycles. The van der Waals surface area contributed by atoms with Crippen molar-refractivity contribution in [2.45, 2.75) is 31.4 Å². The van der Waals surface area contributed by atoms with Crippen LogP contribution in [0.2, 0.25) is 5.02 Å². The molecule has 0 aromatic heterocycles. The van der Waals surface area contributed by atoms with Crippen molar-refractivity contribution in [3.63, 3.8) is 0 Å². The average Bonchev–Trinajstić information content (AvgIpc) is 3.17. The van der Waals surface area contributed by atoms with Crippen LogP contribution in [0.25, 0.3) is 0 Å². The van der Waals surface area contributed by atoms with Crippen LogP contribution in [0.1, 0.15) is 24.4 Å². The second kappa shape index (κ2) is 7.50. The van der Waals surface area contributed by atoms with Crippen LogP contribution >= 0.6 is 24.0 Å². The van der Waals surface area contributed by atoms with E-state index >= 15 is 0 Å². The summed E-state index contributed by atoms with van der Waals surface area (Å²) in [6.07, 6.45) is -0.975. The molecule has 2 nitrogen and oxygen atoms in total. The Kier molecular flexibility index (Phi) is 6.58. The van der Waals surface area contributed by atoms with Gasteiger partial charge in [0.05, 0.1) is 11.1 Å². The van der Waals surface area contributed by atoms with E-state index in [0.29, 0.717) is 6.54 Å². The van der Waals surface area contributed by atoms with E-state index in [2.05, 4.69) is 0 Å². The van der Waals surface area contributed by atoms with E-state index in [1.165, 1.54) is 18.2 Å². The van der Waals surface area contributed by atoms with Gasteiger partial charge in [-0.05, 0) is 18.9 Å². The molecule has 1 aromatic carbocycles. The fourth-order valence-electron chi connectivity index (χ4n) is 2.31. The molecule has 0 bridgehead atoms. The zero-order valence-corrected chi connectivity index (χ0v) is 12.3. The molecule has 1 aliphatic carbocycles. The van der Waals surface area contributed by atoms with Gasteiger partial charge in [-0.15, -0.1) is 12.4 Å². The maximum atomic E-state index is 14.0. The largest absolute Gasteiger partial charge is 0.329 e. The predicted molar refractivity (Wildman–Crippen MR) is 76.2 cm³/mol. The molecular weight excluding hydrogens is 312 g/mol. The van der Waals surface area contributed by atoms with Crippen molar-refractivity contribution in [3.05, 3.63) is 34.6 Å². The van der Waals surface area contributed by atoms with Gasteiger partial charge < -0.3 is 5.73 Å². The normalized spacial score (nSPS) is 16.4. The van der Waals surface area contributed by atoms with Gasteiger partial charge in [0.1, 0.15) is 5.82 Å². The first-order chi connectivity index (χ1) is 9.06. The molecule has 1 fully saturated rings. The fourth-order valence-corrected chi connectivity index (χ4v) is 2.49. The molecule has 20 heavy (non-hydrogen) atoms. The first-order valence-corrected chi connectivity index (χ1v) is 6.62. The minimum Gasteiger partial charge on any atom is -0.329 e. The lowest BCUT2D eigenvalue weighted by Gasteiger charge is -2.31. The summed E-state index contributed by atoms with van der Waals surface area (Å²) >= 11 is 5.68. The van der Waals surface area contributed by atoms with Crippen LogP contribution in [-0.4, -0.2) is 30.5 Å². The Balaban J connectivity index is 0.00000200. The molecule has 0 radical (unpaired) electrons. The number of halogens is 5. The number of hydrogen-bond acceptors (Lipinski definition) is 2. The smallest absolute Gasteiger partial charge is 0.258 e. The van der Waals surface area contributed by atoms with Crippen LogP contribution in [0.15, 0.2) is 18.2 Å². The number of nitrogens with two attached hydrogens (primary N) is 1. The Hall–Kier alpha value is -0.490. The molecule has 0 spiro atoms. The maximum Gasteiger partial charge on any atom is 0.258 e. The van der Waals surface area contributed by atoms with Crippen LogP contribution in [0.3, 0.4) is 0 Å². The summed E-state index contributed by atoms with van der Waals surface area (Å²) in [5.74, 6) is -0.767. The standard InChI is InChI=1S/C13H16ClF3N2.ClH/c14-10-3-1-2-9(11(10)15)12(13(16)17)19(7-6-18)8-4-5-8;/h1-3,8,12-13H,4-7,18H2;1H. The van der Waals surface area contributed by atoms with Crippen molar-refractivity contribution in [3.8, 4) is 0 Å². The van der Waals surface area contributed by atoms with Crippen LogP contribution in [0, 0.1) is 5.82 Å². The van der Waals surface area contributed by atoms with Gasteiger partial charge >= 0.3 is 0 Å². The van der Waals surface area contributed by atoms with Gasteiger partial charge in [-0.1, -0.05) is 23.7 Å². The maximum absolute atomic E-state index is 14.0. The summed E-state index contributed by atoms with van der Waals surface area (Å²) in [6, 6.07) is 3.00. The molecule has 2 rings (SSSR count). The molecule has 1 saturated carbocycles. The first-order valence-electron chi connectivity index (χ1n) is 6.24. The summed E-state index contributed by atoms with van der Waals surface area (Å²) in [7, 11) is 0. The highest BCUT2D eigenvalue weighted by Crippen LogP contribution is 2.38. The molecular formula is C13H17Cl2F3N2. The number of benzene rings is 1. The van der Waals surface area contributed by atoms with Gasteiger partial charge in [-0.25, -0.2) is 13.2 Å². The highest BCUT2D eigenvalue weighted by atomic mass is 35.5. The Labute approximate surface area is 127 Å². The zero-order valence-electron chi connectivity index (χ0n) is 10.7. The Morgan fingerprint density at radius 3 is 2.50 bits per heavy atom. The molecule has 1 aromatic rings. The van der Waals surface area contributed by atoms with Crippen molar-refractivity contribution in [2.24, 2.45) is 5.73 Å². The minimum atomic E-state index is -2.68. The minimum absolute atomic E-state index is 0. The van der Waals surface area contributed by atoms with E-state index in [4.69, 9.17) is 17.3 Å². The van der Waals surface area contributed by atoms with Crippen molar-refractivity contribution >= 4 is 24.0 Å². The number of nitrogens with zero attached hydrogens (tertiary/aromatic N) is 1. The second-order valence-electron chi connectivity index (χ2n) is 4.68. The average molecular weight is 329 g/mol. The summed E-state index contributed by atoms with van der Waals surface area (Å²) < 4.78 is 40.7. The molecule has 0 amide bonds. The number of alkyl halides is 2. The van der Waals surface area contributed by atoms with Crippen molar-refractivity contribution in [1.82, 2.24) is 4.90 Å². The Bertz CT molecular complexity index is 442. The van der Waals surface area contributed by atoms with E-state index in [-0.39, 0.29) is 35.6 Å². The number of rotatable bonds is 6. The third-order valence-electron chi connectivity index (χ3n) is 3.30. The zero-order chi connectivity index (χ0) is 14.0. The lowest BCUT2D eigenvalue weighted by Crippen LogP contribution is -2.39. The lowest BCUT2D eigenvalue weighted by molar-refractivity contribution is 0.0189. The van der Waals surface area contributed by atoms with Gasteiger partial charge in [0.2, 0.25) is 0 Å². The van der Waals surface area contributed by atoms with E-state index in [9.17, 15) is 13.2 Å². The molecule has 1 atom stereocenters. The van der Waals surface area contributed by atoms with Crippen LogP contribution in [0.4, 0.5) is 13.2 Å². The third kappa shape index (κ3) is 3.79. The highest BCUT2D eigenvalue weighted by Gasteiger charge is 2.39. The van der Waals surface area contributed by atoms with E-state index in [1.807, 2.05) is 0 Å². The van der Waals surface area contributed by atoms with Gasteiger partial charge in [0, 0.05) is 24.7 Å². The highest BCUT2D eigenvalue weighted by molar-refractivity contribution is 6.30. The molecule has 1 aliphatic rings. The summed E-state index contributed by atoms with van der Waals surface area (Å²) in [6.45, 7) is 0.591. The Morgan fingerprint density at radius 2 is 2.00 bits per heavy atom. The topological polar surface area (TPSA) is 29.3 Å². The molecule has 2 N–H and O–H groups in total. The van der Waals surface area contributed by atoms with Gasteiger partial charge in [-0.3, -0.25) is 4.90 Å². The van der Waals surface area contributed by atoms with Crippen LogP contribution in [0.5, 0.6) is 0 Å². The third-order valence-corrected chi connectivity index (χ3v) is 3.59. The fraction of sp³-hybridized carbons (Fsp3) is 0.538. The first kappa shape index (κ1) is 17.6. The van der Waals surface area contributed by atoms with Gasteiger partial charge in [-0.2, -0.15) is 0 Å². The quantitative estimate of drug-likeness (QED) is 0.864. The molecule has 1 unspecified atom stereocenters. The second-order valence-corrected chi connectivity index (χ2v) is 5.09. The molecule has 114 valence electrons. The molecule has 0 aliphatic heterocycles. The summed E-state index contributed by atoms with van der Waals surface area (Å²) in [5.41, 5.74) is 5.42.